The maximum atomic E-state index is 13.4. The van der Waals surface area contributed by atoms with E-state index in [1.54, 1.807) is 22.9 Å². The molecule has 0 aliphatic carbocycles. The standard InChI is InChI=1S/C28H25N3O4S/c1-19-8-11-22(12-9-19)31-27(33)23(14-21-10-13-24-25(15-21)35-18-34-24)29-28(31)36-17-26(32)30(2)16-20-6-4-3-5-7-20/h3-15H,16-18H2,1-2H3/b23-14-. The Morgan fingerprint density at radius 3 is 2.58 bits per heavy atom. The van der Waals surface area contributed by atoms with E-state index >= 15 is 0 Å². The second kappa shape index (κ2) is 10.3. The number of amidine groups is 1. The molecule has 0 bridgehead atoms. The summed E-state index contributed by atoms with van der Waals surface area (Å²) in [6, 6.07) is 23.0. The molecule has 0 aromatic heterocycles. The molecule has 2 aliphatic rings. The molecular weight excluding hydrogens is 474 g/mol. The van der Waals surface area contributed by atoms with Gasteiger partial charge in [0.2, 0.25) is 12.7 Å². The molecule has 0 saturated heterocycles. The molecule has 0 radical (unpaired) electrons. The third-order valence-corrected chi connectivity index (χ3v) is 6.76. The predicted molar refractivity (Wildman–Crippen MR) is 142 cm³/mol. The maximum Gasteiger partial charge on any atom is 0.283 e. The quantitative estimate of drug-likeness (QED) is 0.453. The Labute approximate surface area is 214 Å². The van der Waals surface area contributed by atoms with E-state index in [0.29, 0.717) is 34.6 Å². The minimum atomic E-state index is -0.246. The fraction of sp³-hybridized carbons (Fsp3) is 0.179. The number of rotatable bonds is 6. The number of carbonyl (C=O) groups is 2. The number of benzene rings is 3. The molecule has 182 valence electrons. The Kier molecular flexibility index (Phi) is 6.77. The van der Waals surface area contributed by atoms with E-state index < -0.39 is 0 Å². The van der Waals surface area contributed by atoms with Gasteiger partial charge in [0.15, 0.2) is 16.7 Å². The molecule has 7 nitrogen and oxygen atoms in total. The van der Waals surface area contributed by atoms with Gasteiger partial charge in [-0.25, -0.2) is 4.99 Å². The Morgan fingerprint density at radius 1 is 1.06 bits per heavy atom. The molecule has 2 heterocycles. The molecule has 8 heteroatoms. The molecule has 2 aliphatic heterocycles. The van der Waals surface area contributed by atoms with Crippen LogP contribution in [0.15, 0.2) is 83.5 Å². The Morgan fingerprint density at radius 2 is 1.81 bits per heavy atom. The summed E-state index contributed by atoms with van der Waals surface area (Å²) in [7, 11) is 1.78. The summed E-state index contributed by atoms with van der Waals surface area (Å²) in [5.41, 5.74) is 3.92. The summed E-state index contributed by atoms with van der Waals surface area (Å²) in [6.45, 7) is 2.69. The van der Waals surface area contributed by atoms with Gasteiger partial charge >= 0.3 is 0 Å². The van der Waals surface area contributed by atoms with Crippen LogP contribution in [0.1, 0.15) is 16.7 Å². The first-order chi connectivity index (χ1) is 17.5. The number of carbonyl (C=O) groups excluding carboxylic acids is 2. The van der Waals surface area contributed by atoms with Crippen LogP contribution in [0.5, 0.6) is 11.5 Å². The van der Waals surface area contributed by atoms with Crippen molar-refractivity contribution in [3.05, 3.63) is 95.2 Å². The minimum absolute atomic E-state index is 0.0453. The van der Waals surface area contributed by atoms with E-state index in [9.17, 15) is 9.59 Å². The zero-order valence-corrected chi connectivity index (χ0v) is 20.8. The number of anilines is 1. The smallest absolute Gasteiger partial charge is 0.283 e. The number of hydrogen-bond donors (Lipinski definition) is 0. The third kappa shape index (κ3) is 5.13. The largest absolute Gasteiger partial charge is 0.454 e. The van der Waals surface area contributed by atoms with Gasteiger partial charge in [0.1, 0.15) is 5.70 Å². The summed E-state index contributed by atoms with van der Waals surface area (Å²) in [5, 5.41) is 0.470. The Hall–Kier alpha value is -4.04. The maximum absolute atomic E-state index is 13.4. The number of fused-ring (bicyclic) bond motifs is 1. The van der Waals surface area contributed by atoms with Gasteiger partial charge in [-0.2, -0.15) is 0 Å². The SMILES string of the molecule is Cc1ccc(N2C(=O)/C(=C/c3ccc4c(c3)OCO4)N=C2SCC(=O)N(C)Cc2ccccc2)cc1. The van der Waals surface area contributed by atoms with Gasteiger partial charge in [0.05, 0.1) is 11.4 Å². The van der Waals surface area contributed by atoms with E-state index in [4.69, 9.17) is 9.47 Å². The Bertz CT molecular complexity index is 1350. The second-order valence-electron chi connectivity index (χ2n) is 8.54. The summed E-state index contributed by atoms with van der Waals surface area (Å²) >= 11 is 1.25. The van der Waals surface area contributed by atoms with Gasteiger partial charge in [-0.15, -0.1) is 0 Å². The highest BCUT2D eigenvalue weighted by Gasteiger charge is 2.32. The molecule has 0 N–H and O–H groups in total. The monoisotopic (exact) mass is 499 g/mol. The molecule has 0 fully saturated rings. The molecule has 5 rings (SSSR count). The van der Waals surface area contributed by atoms with E-state index in [-0.39, 0.29) is 24.4 Å². The molecule has 0 saturated carbocycles. The topological polar surface area (TPSA) is 71.4 Å². The summed E-state index contributed by atoms with van der Waals surface area (Å²) < 4.78 is 10.8. The van der Waals surface area contributed by atoms with Gasteiger partial charge in [-0.1, -0.05) is 65.9 Å². The molecule has 36 heavy (non-hydrogen) atoms. The third-order valence-electron chi connectivity index (χ3n) is 5.83. The average molecular weight is 500 g/mol. The lowest BCUT2D eigenvalue weighted by Gasteiger charge is -2.20. The fourth-order valence-electron chi connectivity index (χ4n) is 3.86. The summed E-state index contributed by atoms with van der Waals surface area (Å²) in [5.74, 6) is 1.18. The highest BCUT2D eigenvalue weighted by Crippen LogP contribution is 2.34. The van der Waals surface area contributed by atoms with Crippen LogP contribution < -0.4 is 14.4 Å². The van der Waals surface area contributed by atoms with Crippen LogP contribution in [-0.2, 0) is 16.1 Å². The van der Waals surface area contributed by atoms with E-state index in [0.717, 1.165) is 16.7 Å². The van der Waals surface area contributed by atoms with Crippen molar-refractivity contribution in [3.63, 3.8) is 0 Å². The van der Waals surface area contributed by atoms with Crippen molar-refractivity contribution < 1.29 is 19.1 Å². The van der Waals surface area contributed by atoms with Crippen LogP contribution in [0.25, 0.3) is 6.08 Å². The fourth-order valence-corrected chi connectivity index (χ4v) is 4.81. The molecule has 0 atom stereocenters. The van der Waals surface area contributed by atoms with Crippen molar-refractivity contribution in [3.8, 4) is 11.5 Å². The molecule has 3 aromatic rings. The van der Waals surface area contributed by atoms with Crippen molar-refractivity contribution in [2.75, 3.05) is 24.5 Å². The van der Waals surface area contributed by atoms with Gasteiger partial charge in [0.25, 0.3) is 5.91 Å². The average Bonchev–Trinajstić information content (AvgIpc) is 3.47. The molecule has 3 aromatic carbocycles. The normalized spacial score (nSPS) is 15.4. The van der Waals surface area contributed by atoms with Crippen molar-refractivity contribution >= 4 is 40.5 Å². The number of thioether (sulfide) groups is 1. The lowest BCUT2D eigenvalue weighted by molar-refractivity contribution is -0.127. The highest BCUT2D eigenvalue weighted by atomic mass is 32.2. The van der Waals surface area contributed by atoms with Crippen molar-refractivity contribution in [2.45, 2.75) is 13.5 Å². The highest BCUT2D eigenvalue weighted by molar-refractivity contribution is 8.14. The molecular formula is C28H25N3O4S. The van der Waals surface area contributed by atoms with Gasteiger partial charge in [-0.05, 0) is 48.4 Å². The lowest BCUT2D eigenvalue weighted by Crippen LogP contribution is -2.33. The molecule has 0 spiro atoms. The number of amides is 2. The number of nitrogens with zero attached hydrogens (tertiary/aromatic N) is 3. The first-order valence-electron chi connectivity index (χ1n) is 11.5. The number of aliphatic imine (C=N–C) groups is 1. The van der Waals surface area contributed by atoms with E-state index in [1.807, 2.05) is 79.7 Å². The minimum Gasteiger partial charge on any atom is -0.454 e. The Balaban J connectivity index is 1.37. The summed E-state index contributed by atoms with van der Waals surface area (Å²) in [4.78, 5) is 34.2. The zero-order valence-electron chi connectivity index (χ0n) is 20.0. The first-order valence-corrected chi connectivity index (χ1v) is 12.5. The molecule has 2 amide bonds. The van der Waals surface area contributed by atoms with Gasteiger partial charge in [-0.3, -0.25) is 14.5 Å². The van der Waals surface area contributed by atoms with Crippen molar-refractivity contribution in [1.82, 2.24) is 4.90 Å². The summed E-state index contributed by atoms with van der Waals surface area (Å²) in [6.07, 6.45) is 1.72. The van der Waals surface area contributed by atoms with Crippen LogP contribution in [0.2, 0.25) is 0 Å². The van der Waals surface area contributed by atoms with Crippen LogP contribution >= 0.6 is 11.8 Å². The lowest BCUT2D eigenvalue weighted by atomic mass is 10.1. The van der Waals surface area contributed by atoms with Crippen molar-refractivity contribution in [2.24, 2.45) is 4.99 Å². The van der Waals surface area contributed by atoms with Crippen LogP contribution in [-0.4, -0.2) is 41.5 Å². The molecule has 0 unspecified atom stereocenters. The van der Waals surface area contributed by atoms with Gasteiger partial charge in [0, 0.05) is 13.6 Å². The van der Waals surface area contributed by atoms with E-state index in [2.05, 4.69) is 4.99 Å². The van der Waals surface area contributed by atoms with Crippen LogP contribution in [0.3, 0.4) is 0 Å². The number of aryl methyl sites for hydroxylation is 1. The van der Waals surface area contributed by atoms with Crippen molar-refractivity contribution in [1.29, 1.82) is 0 Å². The number of ether oxygens (including phenoxy) is 2. The van der Waals surface area contributed by atoms with E-state index in [1.165, 1.54) is 11.8 Å². The second-order valence-corrected chi connectivity index (χ2v) is 9.48. The zero-order chi connectivity index (χ0) is 25.1. The predicted octanol–water partition coefficient (Wildman–Crippen LogP) is 4.86. The van der Waals surface area contributed by atoms with Crippen LogP contribution in [0.4, 0.5) is 5.69 Å². The number of hydrogen-bond acceptors (Lipinski definition) is 6. The van der Waals surface area contributed by atoms with Gasteiger partial charge < -0.3 is 14.4 Å². The van der Waals surface area contributed by atoms with Crippen LogP contribution in [0, 0.1) is 6.92 Å². The first kappa shape index (κ1) is 23.7.